The standard InChI is InChI=1S/C23H26N4OS/c24-20-6-2-1-5-19(20)22(28)9-8-17-10-13-27(14-11-17)16-18-15-26-23(29-18)21-7-3-4-12-25-21/h1-7,12,15,17H,8-11,13-14,16,24H2. The van der Waals surface area contributed by atoms with Crippen LogP contribution in [0, 0.1) is 5.92 Å². The lowest BCUT2D eigenvalue weighted by molar-refractivity contribution is 0.0962. The maximum absolute atomic E-state index is 12.4. The molecule has 0 saturated carbocycles. The lowest BCUT2D eigenvalue weighted by Crippen LogP contribution is -2.33. The van der Waals surface area contributed by atoms with Crippen molar-refractivity contribution in [2.45, 2.75) is 32.2 Å². The summed E-state index contributed by atoms with van der Waals surface area (Å²) in [5, 5.41) is 0.981. The van der Waals surface area contributed by atoms with E-state index < -0.39 is 0 Å². The number of carbonyl (C=O) groups is 1. The number of para-hydroxylation sites is 1. The number of likely N-dealkylation sites (tertiary alicyclic amines) is 1. The van der Waals surface area contributed by atoms with Gasteiger partial charge in [-0.3, -0.25) is 14.7 Å². The van der Waals surface area contributed by atoms with Gasteiger partial charge < -0.3 is 5.73 Å². The monoisotopic (exact) mass is 406 g/mol. The average molecular weight is 407 g/mol. The van der Waals surface area contributed by atoms with Crippen molar-refractivity contribution in [3.63, 3.8) is 0 Å². The first-order valence-electron chi connectivity index (χ1n) is 10.1. The smallest absolute Gasteiger partial charge is 0.164 e. The van der Waals surface area contributed by atoms with E-state index in [1.54, 1.807) is 23.6 Å². The zero-order valence-corrected chi connectivity index (χ0v) is 17.3. The van der Waals surface area contributed by atoms with Crippen LogP contribution in [0.3, 0.4) is 0 Å². The van der Waals surface area contributed by atoms with Gasteiger partial charge in [0.1, 0.15) is 5.01 Å². The van der Waals surface area contributed by atoms with Gasteiger partial charge >= 0.3 is 0 Å². The highest BCUT2D eigenvalue weighted by molar-refractivity contribution is 7.14. The van der Waals surface area contributed by atoms with Crippen LogP contribution in [0.1, 0.15) is 40.9 Å². The van der Waals surface area contributed by atoms with E-state index in [1.165, 1.54) is 4.88 Å². The second kappa shape index (κ2) is 9.29. The van der Waals surface area contributed by atoms with E-state index in [1.807, 2.05) is 42.6 Å². The second-order valence-electron chi connectivity index (χ2n) is 7.62. The molecule has 3 heterocycles. The van der Waals surface area contributed by atoms with E-state index >= 15 is 0 Å². The molecule has 1 aliphatic rings. The Bertz CT molecular complexity index is 948. The molecule has 1 fully saturated rings. The maximum Gasteiger partial charge on any atom is 0.164 e. The molecule has 29 heavy (non-hydrogen) atoms. The molecule has 1 saturated heterocycles. The third kappa shape index (κ3) is 5.08. The highest BCUT2D eigenvalue weighted by atomic mass is 32.1. The molecule has 0 radical (unpaired) electrons. The van der Waals surface area contributed by atoms with Gasteiger partial charge in [0.25, 0.3) is 0 Å². The number of carbonyl (C=O) groups excluding carboxylic acids is 1. The first kappa shape index (κ1) is 19.7. The number of nitrogens with zero attached hydrogens (tertiary/aromatic N) is 3. The molecule has 1 aliphatic heterocycles. The summed E-state index contributed by atoms with van der Waals surface area (Å²) in [4.78, 5) is 25.1. The van der Waals surface area contributed by atoms with Crippen LogP contribution in [-0.4, -0.2) is 33.7 Å². The van der Waals surface area contributed by atoms with Crippen LogP contribution >= 0.6 is 11.3 Å². The quantitative estimate of drug-likeness (QED) is 0.456. The highest BCUT2D eigenvalue weighted by Gasteiger charge is 2.21. The number of benzene rings is 1. The predicted molar refractivity (Wildman–Crippen MR) is 118 cm³/mol. The molecule has 0 aliphatic carbocycles. The number of hydrogen-bond acceptors (Lipinski definition) is 6. The predicted octanol–water partition coefficient (Wildman–Crippen LogP) is 4.66. The van der Waals surface area contributed by atoms with Gasteiger partial charge in [-0.2, -0.15) is 0 Å². The van der Waals surface area contributed by atoms with Gasteiger partial charge in [-0.05, 0) is 62.5 Å². The Kier molecular flexibility index (Phi) is 6.32. The summed E-state index contributed by atoms with van der Waals surface area (Å²) in [6.45, 7) is 3.09. The molecule has 6 heteroatoms. The Morgan fingerprint density at radius 2 is 1.90 bits per heavy atom. The largest absolute Gasteiger partial charge is 0.398 e. The molecule has 0 spiro atoms. The molecular formula is C23H26N4OS. The number of nitrogen functional groups attached to an aromatic ring is 1. The van der Waals surface area contributed by atoms with Crippen molar-refractivity contribution in [1.29, 1.82) is 0 Å². The van der Waals surface area contributed by atoms with Crippen LogP contribution in [0.15, 0.2) is 54.9 Å². The van der Waals surface area contributed by atoms with Crippen LogP contribution in [0.4, 0.5) is 5.69 Å². The average Bonchev–Trinajstić information content (AvgIpc) is 3.22. The fourth-order valence-corrected chi connectivity index (χ4v) is 4.79. The summed E-state index contributed by atoms with van der Waals surface area (Å²) in [5.41, 5.74) is 8.11. The van der Waals surface area contributed by atoms with Crippen LogP contribution in [-0.2, 0) is 6.54 Å². The normalized spacial score (nSPS) is 15.4. The number of nitrogens with two attached hydrogens (primary N) is 1. The Hall–Kier alpha value is -2.57. The van der Waals surface area contributed by atoms with E-state index in [4.69, 9.17) is 5.73 Å². The first-order chi connectivity index (χ1) is 14.2. The Morgan fingerprint density at radius 1 is 1.10 bits per heavy atom. The lowest BCUT2D eigenvalue weighted by Gasteiger charge is -2.31. The number of aromatic nitrogens is 2. The third-order valence-electron chi connectivity index (χ3n) is 5.57. The van der Waals surface area contributed by atoms with Gasteiger partial charge in [0, 0.05) is 41.5 Å². The SMILES string of the molecule is Nc1ccccc1C(=O)CCC1CCN(Cc2cnc(-c3ccccn3)s2)CC1. The van der Waals surface area contributed by atoms with Gasteiger partial charge in [0.2, 0.25) is 0 Å². The van der Waals surface area contributed by atoms with Crippen LogP contribution in [0.5, 0.6) is 0 Å². The minimum Gasteiger partial charge on any atom is -0.398 e. The fourth-order valence-electron chi connectivity index (χ4n) is 3.86. The molecule has 2 N–H and O–H groups in total. The number of thiazole rings is 1. The second-order valence-corrected chi connectivity index (χ2v) is 8.73. The molecule has 4 rings (SSSR count). The van der Waals surface area contributed by atoms with Crippen LogP contribution < -0.4 is 5.73 Å². The molecule has 0 atom stereocenters. The fraction of sp³-hybridized carbons (Fsp3) is 0.348. The van der Waals surface area contributed by atoms with Crippen LogP contribution in [0.2, 0.25) is 0 Å². The third-order valence-corrected chi connectivity index (χ3v) is 6.57. The summed E-state index contributed by atoms with van der Waals surface area (Å²) in [7, 11) is 0. The molecule has 5 nitrogen and oxygen atoms in total. The van der Waals surface area contributed by atoms with Gasteiger partial charge in [0.05, 0.1) is 5.69 Å². The van der Waals surface area contributed by atoms with Crippen molar-refractivity contribution in [2.75, 3.05) is 18.8 Å². The number of rotatable bonds is 7. The molecule has 0 amide bonds. The van der Waals surface area contributed by atoms with E-state index in [-0.39, 0.29) is 5.78 Å². The van der Waals surface area contributed by atoms with E-state index in [0.717, 1.165) is 49.6 Å². The van der Waals surface area contributed by atoms with Crippen LogP contribution in [0.25, 0.3) is 10.7 Å². The zero-order valence-electron chi connectivity index (χ0n) is 16.5. The molecule has 3 aromatic rings. The highest BCUT2D eigenvalue weighted by Crippen LogP contribution is 2.28. The molecule has 2 aromatic heterocycles. The van der Waals surface area contributed by atoms with Crippen molar-refractivity contribution in [1.82, 2.24) is 14.9 Å². The minimum atomic E-state index is 0.164. The number of pyridine rings is 1. The summed E-state index contributed by atoms with van der Waals surface area (Å²) in [6.07, 6.45) is 7.60. The molecule has 1 aromatic carbocycles. The Balaban J connectivity index is 1.23. The van der Waals surface area contributed by atoms with Crippen molar-refractivity contribution in [2.24, 2.45) is 5.92 Å². The summed E-state index contributed by atoms with van der Waals surface area (Å²) in [5.74, 6) is 0.780. The van der Waals surface area contributed by atoms with E-state index in [2.05, 4.69) is 14.9 Å². The summed E-state index contributed by atoms with van der Waals surface area (Å²) in [6, 6.07) is 13.3. The Morgan fingerprint density at radius 3 is 2.66 bits per heavy atom. The van der Waals surface area contributed by atoms with Crippen molar-refractivity contribution >= 4 is 22.8 Å². The maximum atomic E-state index is 12.4. The number of anilines is 1. The van der Waals surface area contributed by atoms with Gasteiger partial charge in [0.15, 0.2) is 5.78 Å². The first-order valence-corrected chi connectivity index (χ1v) is 11.0. The topological polar surface area (TPSA) is 72.1 Å². The number of ketones is 1. The molecule has 150 valence electrons. The Labute approximate surface area is 175 Å². The van der Waals surface area contributed by atoms with Crippen molar-refractivity contribution < 1.29 is 4.79 Å². The zero-order chi connectivity index (χ0) is 20.1. The summed E-state index contributed by atoms with van der Waals surface area (Å²) >= 11 is 1.72. The minimum absolute atomic E-state index is 0.164. The number of piperidine rings is 1. The van der Waals surface area contributed by atoms with Gasteiger partial charge in [-0.25, -0.2) is 4.98 Å². The summed E-state index contributed by atoms with van der Waals surface area (Å²) < 4.78 is 0. The van der Waals surface area contributed by atoms with E-state index in [0.29, 0.717) is 23.6 Å². The van der Waals surface area contributed by atoms with Gasteiger partial charge in [-0.1, -0.05) is 18.2 Å². The lowest BCUT2D eigenvalue weighted by atomic mass is 9.90. The molecule has 0 bridgehead atoms. The van der Waals surface area contributed by atoms with Gasteiger partial charge in [-0.15, -0.1) is 11.3 Å². The number of Topliss-reactive ketones (excluding diaryl/α,β-unsaturated/α-hetero) is 1. The molecule has 0 unspecified atom stereocenters. The van der Waals surface area contributed by atoms with Crippen molar-refractivity contribution in [3.05, 3.63) is 65.3 Å². The van der Waals surface area contributed by atoms with Crippen molar-refractivity contribution in [3.8, 4) is 10.7 Å². The number of hydrogen-bond donors (Lipinski definition) is 1. The molecular weight excluding hydrogens is 380 g/mol. The van der Waals surface area contributed by atoms with E-state index in [9.17, 15) is 4.79 Å².